The molecule has 1 aromatic carbocycles. The standard InChI is InChI=1S/C12H17NO/c1-12(2)9-13-11(14-12)8-10-6-4-3-5-7-10/h3-7,11,13H,8-9H2,1-2H3. The van der Waals surface area contributed by atoms with Gasteiger partial charge in [0.2, 0.25) is 0 Å². The van der Waals surface area contributed by atoms with Crippen molar-refractivity contribution in [2.24, 2.45) is 0 Å². The van der Waals surface area contributed by atoms with Gasteiger partial charge in [0.15, 0.2) is 0 Å². The molecule has 0 aromatic heterocycles. The third-order valence-electron chi connectivity index (χ3n) is 2.48. The molecule has 1 aliphatic rings. The van der Waals surface area contributed by atoms with Crippen LogP contribution in [0.25, 0.3) is 0 Å². The van der Waals surface area contributed by atoms with Gasteiger partial charge in [-0.2, -0.15) is 0 Å². The fraction of sp³-hybridized carbons (Fsp3) is 0.500. The van der Waals surface area contributed by atoms with Crippen LogP contribution in [0, 0.1) is 0 Å². The average Bonchev–Trinajstić information content (AvgIpc) is 2.47. The first-order valence-corrected chi connectivity index (χ1v) is 5.11. The molecule has 0 saturated carbocycles. The minimum atomic E-state index is -0.0144. The highest BCUT2D eigenvalue weighted by Crippen LogP contribution is 2.19. The van der Waals surface area contributed by atoms with Crippen LogP contribution in [-0.4, -0.2) is 18.4 Å². The van der Waals surface area contributed by atoms with Crippen LogP contribution in [0.4, 0.5) is 0 Å². The molecule has 1 fully saturated rings. The van der Waals surface area contributed by atoms with E-state index in [2.05, 4.69) is 43.4 Å². The Kier molecular flexibility index (Phi) is 2.57. The Hall–Kier alpha value is -0.860. The summed E-state index contributed by atoms with van der Waals surface area (Å²) in [6.07, 6.45) is 1.12. The van der Waals surface area contributed by atoms with Gasteiger partial charge in [-0.1, -0.05) is 30.3 Å². The topological polar surface area (TPSA) is 21.3 Å². The molecule has 1 aliphatic heterocycles. The van der Waals surface area contributed by atoms with Crippen molar-refractivity contribution >= 4 is 0 Å². The minimum absolute atomic E-state index is 0.0144. The molecule has 2 nitrogen and oxygen atoms in total. The van der Waals surface area contributed by atoms with E-state index in [1.54, 1.807) is 0 Å². The predicted octanol–water partition coefficient (Wildman–Crippen LogP) is 1.95. The maximum absolute atomic E-state index is 5.84. The highest BCUT2D eigenvalue weighted by atomic mass is 16.5. The van der Waals surface area contributed by atoms with Crippen molar-refractivity contribution < 1.29 is 4.74 Å². The molecule has 1 aromatic rings. The molecule has 1 saturated heterocycles. The zero-order valence-electron chi connectivity index (χ0n) is 8.79. The van der Waals surface area contributed by atoms with E-state index in [4.69, 9.17) is 4.74 Å². The molecule has 0 aliphatic carbocycles. The van der Waals surface area contributed by atoms with Crippen LogP contribution in [0.15, 0.2) is 30.3 Å². The summed E-state index contributed by atoms with van der Waals surface area (Å²) in [4.78, 5) is 0. The van der Waals surface area contributed by atoms with Crippen LogP contribution in [-0.2, 0) is 11.2 Å². The SMILES string of the molecule is CC1(C)CNC(Cc2ccccc2)O1. The largest absolute Gasteiger partial charge is 0.356 e. The predicted molar refractivity (Wildman–Crippen MR) is 57.1 cm³/mol. The summed E-state index contributed by atoms with van der Waals surface area (Å²) < 4.78 is 5.84. The van der Waals surface area contributed by atoms with Crippen LogP contribution >= 0.6 is 0 Å². The van der Waals surface area contributed by atoms with E-state index < -0.39 is 0 Å². The lowest BCUT2D eigenvalue weighted by Crippen LogP contribution is -2.24. The second kappa shape index (κ2) is 3.71. The van der Waals surface area contributed by atoms with Crippen LogP contribution in [0.5, 0.6) is 0 Å². The van der Waals surface area contributed by atoms with Crippen LogP contribution < -0.4 is 5.32 Å². The molecule has 1 atom stereocenters. The highest BCUT2D eigenvalue weighted by Gasteiger charge is 2.30. The van der Waals surface area contributed by atoms with Crippen molar-refractivity contribution in [2.45, 2.75) is 32.1 Å². The number of hydrogen-bond acceptors (Lipinski definition) is 2. The monoisotopic (exact) mass is 191 g/mol. The Bertz CT molecular complexity index is 294. The Morgan fingerprint density at radius 1 is 1.36 bits per heavy atom. The van der Waals surface area contributed by atoms with Crippen molar-refractivity contribution in [2.75, 3.05) is 6.54 Å². The summed E-state index contributed by atoms with van der Waals surface area (Å²) in [5, 5.41) is 3.37. The molecular weight excluding hydrogens is 174 g/mol. The lowest BCUT2D eigenvalue weighted by atomic mass is 10.1. The van der Waals surface area contributed by atoms with Gasteiger partial charge in [-0.3, -0.25) is 5.32 Å². The second-order valence-electron chi connectivity index (χ2n) is 4.44. The smallest absolute Gasteiger partial charge is 0.113 e. The maximum atomic E-state index is 5.84. The molecule has 0 amide bonds. The third-order valence-corrected chi connectivity index (χ3v) is 2.48. The van der Waals surface area contributed by atoms with Gasteiger partial charge in [-0.05, 0) is 19.4 Å². The zero-order valence-corrected chi connectivity index (χ0v) is 8.79. The van der Waals surface area contributed by atoms with Gasteiger partial charge >= 0.3 is 0 Å². The number of ether oxygens (including phenoxy) is 1. The Morgan fingerprint density at radius 3 is 2.64 bits per heavy atom. The molecule has 2 rings (SSSR count). The van der Waals surface area contributed by atoms with E-state index >= 15 is 0 Å². The second-order valence-corrected chi connectivity index (χ2v) is 4.44. The first-order valence-electron chi connectivity index (χ1n) is 5.11. The molecular formula is C12H17NO. The van der Waals surface area contributed by atoms with E-state index in [1.807, 2.05) is 6.07 Å². The highest BCUT2D eigenvalue weighted by molar-refractivity contribution is 5.15. The number of hydrogen-bond donors (Lipinski definition) is 1. The Morgan fingerprint density at radius 2 is 2.07 bits per heavy atom. The Labute approximate surface area is 85.3 Å². The molecule has 1 unspecified atom stereocenters. The quantitative estimate of drug-likeness (QED) is 0.771. The fourth-order valence-electron chi connectivity index (χ4n) is 1.77. The molecule has 1 N–H and O–H groups in total. The summed E-state index contributed by atoms with van der Waals surface area (Å²) in [6.45, 7) is 5.17. The minimum Gasteiger partial charge on any atom is -0.356 e. The van der Waals surface area contributed by atoms with Gasteiger partial charge in [0.1, 0.15) is 6.23 Å². The summed E-state index contributed by atoms with van der Waals surface area (Å²) >= 11 is 0. The third kappa shape index (κ3) is 2.34. The van der Waals surface area contributed by atoms with E-state index in [-0.39, 0.29) is 11.8 Å². The molecule has 2 heteroatoms. The van der Waals surface area contributed by atoms with Gasteiger partial charge in [0.05, 0.1) is 5.60 Å². The molecule has 14 heavy (non-hydrogen) atoms. The summed E-state index contributed by atoms with van der Waals surface area (Å²) in [5.74, 6) is 0. The first kappa shape index (κ1) is 9.69. The van der Waals surface area contributed by atoms with Crippen molar-refractivity contribution in [1.82, 2.24) is 5.32 Å². The van der Waals surface area contributed by atoms with Crippen LogP contribution in [0.2, 0.25) is 0 Å². The first-order chi connectivity index (χ1) is 6.66. The lowest BCUT2D eigenvalue weighted by Gasteiger charge is -2.17. The molecule has 0 bridgehead atoms. The molecule has 76 valence electrons. The van der Waals surface area contributed by atoms with Crippen molar-refractivity contribution in [3.05, 3.63) is 35.9 Å². The van der Waals surface area contributed by atoms with E-state index in [1.165, 1.54) is 5.56 Å². The van der Waals surface area contributed by atoms with Crippen LogP contribution in [0.1, 0.15) is 19.4 Å². The van der Waals surface area contributed by atoms with Crippen LogP contribution in [0.3, 0.4) is 0 Å². The van der Waals surface area contributed by atoms with Crippen molar-refractivity contribution in [3.8, 4) is 0 Å². The van der Waals surface area contributed by atoms with Gasteiger partial charge in [0.25, 0.3) is 0 Å². The van der Waals surface area contributed by atoms with Gasteiger partial charge in [0, 0.05) is 13.0 Å². The Balaban J connectivity index is 1.94. The average molecular weight is 191 g/mol. The maximum Gasteiger partial charge on any atom is 0.113 e. The van der Waals surface area contributed by atoms with Gasteiger partial charge < -0.3 is 4.74 Å². The van der Waals surface area contributed by atoms with E-state index in [0.717, 1.165) is 13.0 Å². The van der Waals surface area contributed by atoms with Crippen molar-refractivity contribution in [1.29, 1.82) is 0 Å². The molecule has 1 heterocycles. The number of benzene rings is 1. The van der Waals surface area contributed by atoms with Crippen molar-refractivity contribution in [3.63, 3.8) is 0 Å². The van der Waals surface area contributed by atoms with Gasteiger partial charge in [-0.15, -0.1) is 0 Å². The van der Waals surface area contributed by atoms with E-state index in [9.17, 15) is 0 Å². The normalized spacial score (nSPS) is 25.1. The van der Waals surface area contributed by atoms with Gasteiger partial charge in [-0.25, -0.2) is 0 Å². The van der Waals surface area contributed by atoms with E-state index in [0.29, 0.717) is 0 Å². The zero-order chi connectivity index (χ0) is 10.0. The number of rotatable bonds is 2. The fourth-order valence-corrected chi connectivity index (χ4v) is 1.77. The summed E-state index contributed by atoms with van der Waals surface area (Å²) in [6, 6.07) is 10.4. The number of nitrogens with one attached hydrogen (secondary N) is 1. The summed E-state index contributed by atoms with van der Waals surface area (Å²) in [7, 11) is 0. The summed E-state index contributed by atoms with van der Waals surface area (Å²) in [5.41, 5.74) is 1.31. The lowest BCUT2D eigenvalue weighted by molar-refractivity contribution is -0.0136. The molecule has 0 spiro atoms. The molecule has 0 radical (unpaired) electrons.